The van der Waals surface area contributed by atoms with Gasteiger partial charge in [-0.05, 0) is 31.4 Å². The fraction of sp³-hybridized carbons (Fsp3) is 0.545. The second-order valence-corrected chi connectivity index (χ2v) is 9.38. The lowest BCUT2D eigenvalue weighted by Gasteiger charge is -2.29. The molecule has 0 aromatic heterocycles. The summed E-state index contributed by atoms with van der Waals surface area (Å²) in [6, 6.07) is 8.21. The number of rotatable bonds is 3. The summed E-state index contributed by atoms with van der Waals surface area (Å²) >= 11 is 1.62. The molecule has 0 bridgehead atoms. The minimum atomic E-state index is -0.648. The van der Waals surface area contributed by atoms with E-state index < -0.39 is 6.10 Å². The number of hydrogen-bond acceptors (Lipinski definition) is 5. The molecule has 144 valence electrons. The monoisotopic (exact) mass is 386 g/mol. The summed E-state index contributed by atoms with van der Waals surface area (Å²) in [4.78, 5) is 26.1. The fourth-order valence-corrected chi connectivity index (χ4v) is 6.15. The second-order valence-electron chi connectivity index (χ2n) is 8.28. The molecule has 5 heteroatoms. The van der Waals surface area contributed by atoms with E-state index in [1.54, 1.807) is 11.8 Å². The van der Waals surface area contributed by atoms with E-state index in [4.69, 9.17) is 4.74 Å². The van der Waals surface area contributed by atoms with Gasteiger partial charge in [-0.3, -0.25) is 9.59 Å². The molecule has 2 saturated carbocycles. The zero-order chi connectivity index (χ0) is 19.3. The Morgan fingerprint density at radius 1 is 1.19 bits per heavy atom. The van der Waals surface area contributed by atoms with Gasteiger partial charge in [-0.25, -0.2) is 0 Å². The van der Waals surface area contributed by atoms with Crippen LogP contribution in [0.1, 0.15) is 25.3 Å². The Balaban J connectivity index is 1.58. The van der Waals surface area contributed by atoms with Crippen molar-refractivity contribution in [3.05, 3.63) is 42.0 Å². The van der Waals surface area contributed by atoms with Crippen molar-refractivity contribution in [2.45, 2.75) is 43.8 Å². The quantitative estimate of drug-likeness (QED) is 0.490. The van der Waals surface area contributed by atoms with Crippen LogP contribution in [0.15, 0.2) is 41.3 Å². The van der Waals surface area contributed by atoms with E-state index in [0.717, 1.165) is 10.5 Å². The van der Waals surface area contributed by atoms with E-state index in [2.05, 4.69) is 30.8 Å². The molecule has 0 unspecified atom stereocenters. The van der Waals surface area contributed by atoms with Crippen molar-refractivity contribution in [1.82, 2.24) is 0 Å². The average Bonchev–Trinajstić information content (AvgIpc) is 3.08. The van der Waals surface area contributed by atoms with E-state index >= 15 is 0 Å². The first kappa shape index (κ1) is 18.8. The van der Waals surface area contributed by atoms with Crippen molar-refractivity contribution in [1.29, 1.82) is 0 Å². The Labute approximate surface area is 164 Å². The molecule has 1 heterocycles. The number of benzene rings is 1. The molecular formula is C22H26O4S. The van der Waals surface area contributed by atoms with Crippen molar-refractivity contribution in [2.75, 3.05) is 5.75 Å². The molecule has 27 heavy (non-hydrogen) atoms. The number of Topliss-reactive ketones (excluding diaryl/α,β-unsaturated/α-hetero) is 1. The molecule has 0 amide bonds. The normalized spacial score (nSPS) is 38.3. The maximum absolute atomic E-state index is 12.7. The molecule has 1 aliphatic heterocycles. The number of esters is 1. The van der Waals surface area contributed by atoms with Gasteiger partial charge in [0.05, 0.1) is 12.0 Å². The van der Waals surface area contributed by atoms with Crippen LogP contribution in [0.5, 0.6) is 0 Å². The number of fused-ring (bicyclic) bond motifs is 3. The number of hydrogen-bond donors (Lipinski definition) is 1. The van der Waals surface area contributed by atoms with Crippen LogP contribution in [0.3, 0.4) is 0 Å². The molecule has 1 aromatic rings. The summed E-state index contributed by atoms with van der Waals surface area (Å²) in [6.07, 6.45) is -0.127. The van der Waals surface area contributed by atoms with E-state index in [1.807, 2.05) is 13.8 Å². The molecule has 3 fully saturated rings. The number of aryl methyl sites for hydroxylation is 1. The first-order valence-electron chi connectivity index (χ1n) is 9.65. The van der Waals surface area contributed by atoms with Gasteiger partial charge in [-0.2, -0.15) is 0 Å². The number of ketones is 1. The Morgan fingerprint density at radius 2 is 1.89 bits per heavy atom. The molecule has 7 atom stereocenters. The smallest absolute Gasteiger partial charge is 0.310 e. The third-order valence-electron chi connectivity index (χ3n) is 6.64. The molecule has 4 nitrogen and oxygen atoms in total. The standard InChI is InChI=1S/C22H26O4S/c1-11-4-6-14(7-5-11)27-10-16-20-18(24)8-12(2)15-9-17(23)13(3)19(15)21(20)26-22(16)25/h4-7,13,15-16,18-21,24H,2,8-10H2,1,3H3/t13-,15+,16+,18+,19+,20-,21+/m1/s1. The SMILES string of the molecule is C=C1C[C@H](O)[C@@H]2[C@@H](OC(=O)[C@H]2CSc2ccc(C)cc2)[C@H]2[C@H](C)C(=O)C[C@@H]12. The zero-order valence-electron chi connectivity index (χ0n) is 15.8. The van der Waals surface area contributed by atoms with Crippen molar-refractivity contribution < 1.29 is 19.4 Å². The summed E-state index contributed by atoms with van der Waals surface area (Å²) in [7, 11) is 0. The minimum absolute atomic E-state index is 0.0217. The molecule has 0 radical (unpaired) electrons. The predicted molar refractivity (Wildman–Crippen MR) is 104 cm³/mol. The van der Waals surface area contributed by atoms with Crippen LogP contribution in [0.2, 0.25) is 0 Å². The van der Waals surface area contributed by atoms with Gasteiger partial charge >= 0.3 is 5.97 Å². The van der Waals surface area contributed by atoms with Gasteiger partial charge in [-0.15, -0.1) is 11.8 Å². The van der Waals surface area contributed by atoms with Crippen LogP contribution in [0, 0.1) is 36.5 Å². The number of thioether (sulfide) groups is 1. The lowest BCUT2D eigenvalue weighted by Crippen LogP contribution is -2.38. The lowest BCUT2D eigenvalue weighted by molar-refractivity contribution is -0.146. The average molecular weight is 387 g/mol. The minimum Gasteiger partial charge on any atom is -0.461 e. The molecule has 1 N–H and O–H groups in total. The van der Waals surface area contributed by atoms with Gasteiger partial charge in [0.25, 0.3) is 0 Å². The number of aliphatic hydroxyl groups excluding tert-OH is 1. The highest BCUT2D eigenvalue weighted by Gasteiger charge is 2.58. The van der Waals surface area contributed by atoms with Crippen LogP contribution in [-0.4, -0.2) is 34.8 Å². The van der Waals surface area contributed by atoms with Crippen LogP contribution in [-0.2, 0) is 14.3 Å². The third kappa shape index (κ3) is 3.25. The van der Waals surface area contributed by atoms with Crippen LogP contribution in [0.4, 0.5) is 0 Å². The van der Waals surface area contributed by atoms with E-state index in [1.165, 1.54) is 5.56 Å². The topological polar surface area (TPSA) is 63.6 Å². The van der Waals surface area contributed by atoms with Crippen molar-refractivity contribution in [3.63, 3.8) is 0 Å². The molecule has 4 rings (SSSR count). The van der Waals surface area contributed by atoms with Gasteiger partial charge in [0.2, 0.25) is 0 Å². The maximum Gasteiger partial charge on any atom is 0.310 e. The summed E-state index contributed by atoms with van der Waals surface area (Å²) in [5.74, 6) is -0.246. The van der Waals surface area contributed by atoms with Gasteiger partial charge in [0, 0.05) is 34.8 Å². The van der Waals surface area contributed by atoms with Gasteiger partial charge in [-0.1, -0.05) is 36.8 Å². The Morgan fingerprint density at radius 3 is 2.59 bits per heavy atom. The number of ether oxygens (including phenoxy) is 1. The van der Waals surface area contributed by atoms with E-state index in [0.29, 0.717) is 18.6 Å². The van der Waals surface area contributed by atoms with Crippen molar-refractivity contribution in [3.8, 4) is 0 Å². The van der Waals surface area contributed by atoms with E-state index in [-0.39, 0.29) is 47.4 Å². The number of carbonyl (C=O) groups is 2. The highest BCUT2D eigenvalue weighted by Crippen LogP contribution is 2.52. The van der Waals surface area contributed by atoms with E-state index in [9.17, 15) is 14.7 Å². The van der Waals surface area contributed by atoms with Crippen LogP contribution < -0.4 is 0 Å². The predicted octanol–water partition coefficient (Wildman–Crippen LogP) is 3.41. The molecule has 2 aliphatic carbocycles. The zero-order valence-corrected chi connectivity index (χ0v) is 16.6. The Hall–Kier alpha value is -1.59. The number of carbonyl (C=O) groups excluding carboxylic acids is 2. The van der Waals surface area contributed by atoms with Crippen LogP contribution in [0.25, 0.3) is 0 Å². The molecule has 1 saturated heterocycles. The maximum atomic E-state index is 12.7. The summed E-state index contributed by atoms with van der Waals surface area (Å²) in [6.45, 7) is 8.12. The number of aliphatic hydroxyl groups is 1. The van der Waals surface area contributed by atoms with Gasteiger partial charge in [0.15, 0.2) is 0 Å². The van der Waals surface area contributed by atoms with Gasteiger partial charge in [0.1, 0.15) is 11.9 Å². The van der Waals surface area contributed by atoms with Crippen LogP contribution >= 0.6 is 11.8 Å². The first-order valence-corrected chi connectivity index (χ1v) is 10.6. The van der Waals surface area contributed by atoms with Crippen molar-refractivity contribution in [2.24, 2.45) is 29.6 Å². The second kappa shape index (κ2) is 7.10. The Bertz CT molecular complexity index is 771. The lowest BCUT2D eigenvalue weighted by atomic mass is 9.77. The summed E-state index contributed by atoms with van der Waals surface area (Å²) in [5.41, 5.74) is 2.13. The first-order chi connectivity index (χ1) is 12.9. The third-order valence-corrected chi connectivity index (χ3v) is 7.77. The molecule has 3 aliphatic rings. The van der Waals surface area contributed by atoms with Gasteiger partial charge < -0.3 is 9.84 Å². The molecule has 1 aromatic carbocycles. The highest BCUT2D eigenvalue weighted by atomic mass is 32.2. The van der Waals surface area contributed by atoms with Crippen molar-refractivity contribution >= 4 is 23.5 Å². The fourth-order valence-electron chi connectivity index (χ4n) is 5.10. The summed E-state index contributed by atoms with van der Waals surface area (Å²) < 4.78 is 5.81. The summed E-state index contributed by atoms with van der Waals surface area (Å²) in [5, 5.41) is 10.9. The highest BCUT2D eigenvalue weighted by molar-refractivity contribution is 7.99. The largest absolute Gasteiger partial charge is 0.461 e. The molecular weight excluding hydrogens is 360 g/mol. The Kier molecular flexibility index (Phi) is 4.93. The molecule has 0 spiro atoms.